The van der Waals surface area contributed by atoms with Crippen LogP contribution in [0.15, 0.2) is 58.8 Å². The first-order valence-electron chi connectivity index (χ1n) is 9.98. The number of ether oxygens (including phenoxy) is 1. The van der Waals surface area contributed by atoms with E-state index in [9.17, 15) is 13.2 Å². The van der Waals surface area contributed by atoms with Crippen LogP contribution in [0.1, 0.15) is 18.4 Å². The first kappa shape index (κ1) is 21.5. The van der Waals surface area contributed by atoms with Crippen LogP contribution in [-0.2, 0) is 14.8 Å². The Hall–Kier alpha value is -2.75. The molecule has 1 saturated heterocycles. The van der Waals surface area contributed by atoms with Crippen molar-refractivity contribution in [2.45, 2.75) is 24.7 Å². The molecule has 1 aliphatic heterocycles. The number of anilines is 1. The third kappa shape index (κ3) is 4.95. The van der Waals surface area contributed by atoms with Crippen molar-refractivity contribution in [2.24, 2.45) is 0 Å². The van der Waals surface area contributed by atoms with E-state index in [1.807, 2.05) is 36.6 Å². The van der Waals surface area contributed by atoms with Crippen LogP contribution in [0.25, 0.3) is 11.3 Å². The van der Waals surface area contributed by atoms with Gasteiger partial charge in [0, 0.05) is 24.0 Å². The zero-order valence-electron chi connectivity index (χ0n) is 17.1. The molecule has 2 heterocycles. The highest BCUT2D eigenvalue weighted by atomic mass is 32.2. The van der Waals surface area contributed by atoms with E-state index in [0.29, 0.717) is 29.7 Å². The average Bonchev–Trinajstić information content (AvgIpc) is 3.46. The van der Waals surface area contributed by atoms with Gasteiger partial charge in [0.2, 0.25) is 10.0 Å². The summed E-state index contributed by atoms with van der Waals surface area (Å²) in [4.78, 5) is 16.9. The molecule has 3 aromatic rings. The molecule has 0 atom stereocenters. The van der Waals surface area contributed by atoms with Crippen molar-refractivity contribution >= 4 is 32.4 Å². The maximum atomic E-state index is 12.6. The summed E-state index contributed by atoms with van der Waals surface area (Å²) < 4.78 is 32.4. The maximum absolute atomic E-state index is 12.6. The lowest BCUT2D eigenvalue weighted by Gasteiger charge is -2.15. The Bertz CT molecular complexity index is 1170. The number of hydrogen-bond acceptors (Lipinski definition) is 6. The van der Waals surface area contributed by atoms with Gasteiger partial charge in [0.1, 0.15) is 5.75 Å². The van der Waals surface area contributed by atoms with E-state index in [1.54, 1.807) is 24.3 Å². The van der Waals surface area contributed by atoms with Crippen LogP contribution >= 0.6 is 11.3 Å². The van der Waals surface area contributed by atoms with E-state index in [-0.39, 0.29) is 17.4 Å². The SMILES string of the molecule is Cc1ccccc1OCC(=O)Nc1nc(-c2ccc(S(=O)(=O)N3CCCC3)cc2)cs1. The second kappa shape index (κ2) is 9.17. The Labute approximate surface area is 185 Å². The van der Waals surface area contributed by atoms with E-state index in [0.717, 1.165) is 24.0 Å². The van der Waals surface area contributed by atoms with Crippen molar-refractivity contribution in [3.8, 4) is 17.0 Å². The van der Waals surface area contributed by atoms with Gasteiger partial charge in [-0.25, -0.2) is 13.4 Å². The van der Waals surface area contributed by atoms with Gasteiger partial charge in [-0.2, -0.15) is 4.31 Å². The second-order valence-corrected chi connectivity index (χ2v) is 10.1. The number of amides is 1. The van der Waals surface area contributed by atoms with Crippen LogP contribution in [0.2, 0.25) is 0 Å². The number of rotatable bonds is 7. The van der Waals surface area contributed by atoms with E-state index >= 15 is 0 Å². The van der Waals surface area contributed by atoms with E-state index < -0.39 is 10.0 Å². The van der Waals surface area contributed by atoms with Crippen LogP contribution in [0.5, 0.6) is 5.75 Å². The number of carbonyl (C=O) groups excluding carboxylic acids is 1. The monoisotopic (exact) mass is 457 g/mol. The zero-order chi connectivity index (χ0) is 21.8. The van der Waals surface area contributed by atoms with Gasteiger partial charge in [-0.1, -0.05) is 30.3 Å². The van der Waals surface area contributed by atoms with Crippen molar-refractivity contribution in [1.29, 1.82) is 0 Å². The van der Waals surface area contributed by atoms with Gasteiger partial charge in [-0.05, 0) is 43.5 Å². The molecule has 31 heavy (non-hydrogen) atoms. The van der Waals surface area contributed by atoms with Gasteiger partial charge < -0.3 is 4.74 Å². The van der Waals surface area contributed by atoms with Crippen LogP contribution in [0, 0.1) is 6.92 Å². The molecule has 1 fully saturated rings. The molecule has 1 amide bonds. The summed E-state index contributed by atoms with van der Waals surface area (Å²) in [6.07, 6.45) is 1.81. The molecule has 0 saturated carbocycles. The third-order valence-electron chi connectivity index (χ3n) is 5.06. The molecule has 0 radical (unpaired) electrons. The van der Waals surface area contributed by atoms with Gasteiger partial charge in [-0.3, -0.25) is 10.1 Å². The molecule has 0 aliphatic carbocycles. The largest absolute Gasteiger partial charge is 0.483 e. The first-order valence-corrected chi connectivity index (χ1v) is 12.3. The van der Waals surface area contributed by atoms with Crippen molar-refractivity contribution < 1.29 is 17.9 Å². The number of thiazole rings is 1. The number of nitrogens with zero attached hydrogens (tertiary/aromatic N) is 2. The highest BCUT2D eigenvalue weighted by molar-refractivity contribution is 7.89. The molecule has 9 heteroatoms. The summed E-state index contributed by atoms with van der Waals surface area (Å²) >= 11 is 1.30. The molecular formula is C22H23N3O4S2. The minimum Gasteiger partial charge on any atom is -0.483 e. The average molecular weight is 458 g/mol. The molecule has 1 N–H and O–H groups in total. The third-order valence-corrected chi connectivity index (χ3v) is 7.73. The number of nitrogens with one attached hydrogen (secondary N) is 1. The minimum atomic E-state index is -3.44. The lowest BCUT2D eigenvalue weighted by Crippen LogP contribution is -2.27. The highest BCUT2D eigenvalue weighted by Crippen LogP contribution is 2.27. The van der Waals surface area contributed by atoms with E-state index in [4.69, 9.17) is 4.74 Å². The van der Waals surface area contributed by atoms with Gasteiger partial charge in [0.15, 0.2) is 11.7 Å². The fraction of sp³-hybridized carbons (Fsp3) is 0.273. The van der Waals surface area contributed by atoms with Gasteiger partial charge in [0.25, 0.3) is 5.91 Å². The molecule has 0 unspecified atom stereocenters. The van der Waals surface area contributed by atoms with E-state index in [2.05, 4.69) is 10.3 Å². The highest BCUT2D eigenvalue weighted by Gasteiger charge is 2.27. The van der Waals surface area contributed by atoms with Crippen LogP contribution in [0.4, 0.5) is 5.13 Å². The lowest BCUT2D eigenvalue weighted by atomic mass is 10.2. The van der Waals surface area contributed by atoms with Crippen molar-refractivity contribution in [1.82, 2.24) is 9.29 Å². The number of aromatic nitrogens is 1. The number of carbonyl (C=O) groups is 1. The summed E-state index contributed by atoms with van der Waals surface area (Å²) in [6, 6.07) is 14.2. The topological polar surface area (TPSA) is 88.6 Å². The van der Waals surface area contributed by atoms with Crippen LogP contribution in [0.3, 0.4) is 0 Å². The van der Waals surface area contributed by atoms with Crippen molar-refractivity contribution in [2.75, 3.05) is 25.0 Å². The molecule has 7 nitrogen and oxygen atoms in total. The number of sulfonamides is 1. The molecule has 4 rings (SSSR count). The number of aryl methyl sites for hydroxylation is 1. The normalized spacial score (nSPS) is 14.5. The molecule has 0 bridgehead atoms. The number of benzene rings is 2. The summed E-state index contributed by atoms with van der Waals surface area (Å²) in [6.45, 7) is 2.96. The molecule has 162 valence electrons. The second-order valence-electron chi connectivity index (χ2n) is 7.28. The van der Waals surface area contributed by atoms with Gasteiger partial charge >= 0.3 is 0 Å². The maximum Gasteiger partial charge on any atom is 0.264 e. The summed E-state index contributed by atoms with van der Waals surface area (Å²) in [5, 5.41) is 5.02. The summed E-state index contributed by atoms with van der Waals surface area (Å²) in [7, 11) is -3.44. The Morgan fingerprint density at radius 3 is 2.55 bits per heavy atom. The standard InChI is InChI=1S/C22H23N3O4S2/c1-16-6-2-3-7-20(16)29-14-21(26)24-22-23-19(15-30-22)17-8-10-18(11-9-17)31(27,28)25-12-4-5-13-25/h2-3,6-11,15H,4-5,12-14H2,1H3,(H,23,24,26). The summed E-state index contributed by atoms with van der Waals surface area (Å²) in [5.41, 5.74) is 2.42. The van der Waals surface area contributed by atoms with Gasteiger partial charge in [0.05, 0.1) is 10.6 Å². The number of hydrogen-bond donors (Lipinski definition) is 1. The quantitative estimate of drug-likeness (QED) is 0.581. The first-order chi connectivity index (χ1) is 14.9. The smallest absolute Gasteiger partial charge is 0.264 e. The van der Waals surface area contributed by atoms with Crippen molar-refractivity contribution in [3.63, 3.8) is 0 Å². The Morgan fingerprint density at radius 2 is 1.84 bits per heavy atom. The Balaban J connectivity index is 1.38. The Morgan fingerprint density at radius 1 is 1.13 bits per heavy atom. The number of para-hydroxylation sites is 1. The molecule has 1 aromatic heterocycles. The molecule has 2 aromatic carbocycles. The molecule has 0 spiro atoms. The lowest BCUT2D eigenvalue weighted by molar-refractivity contribution is -0.118. The van der Waals surface area contributed by atoms with Gasteiger partial charge in [-0.15, -0.1) is 11.3 Å². The predicted octanol–water partition coefficient (Wildman–Crippen LogP) is 3.92. The zero-order valence-corrected chi connectivity index (χ0v) is 18.7. The Kier molecular flexibility index (Phi) is 6.35. The summed E-state index contributed by atoms with van der Waals surface area (Å²) in [5.74, 6) is 0.373. The minimum absolute atomic E-state index is 0.108. The molecule has 1 aliphatic rings. The van der Waals surface area contributed by atoms with Crippen LogP contribution in [-0.4, -0.2) is 43.3 Å². The molecular weight excluding hydrogens is 434 g/mol. The van der Waals surface area contributed by atoms with Crippen LogP contribution < -0.4 is 10.1 Å². The fourth-order valence-electron chi connectivity index (χ4n) is 3.36. The predicted molar refractivity (Wildman–Crippen MR) is 121 cm³/mol. The fourth-order valence-corrected chi connectivity index (χ4v) is 5.61. The van der Waals surface area contributed by atoms with E-state index in [1.165, 1.54) is 15.6 Å². The van der Waals surface area contributed by atoms with Crippen molar-refractivity contribution in [3.05, 3.63) is 59.5 Å².